The molecule has 0 radical (unpaired) electrons. The lowest BCUT2D eigenvalue weighted by Crippen LogP contribution is -2.54. The summed E-state index contributed by atoms with van der Waals surface area (Å²) in [6.45, 7) is 12.0. The van der Waals surface area contributed by atoms with Gasteiger partial charge in [0.25, 0.3) is 0 Å². The summed E-state index contributed by atoms with van der Waals surface area (Å²) < 4.78 is 11.6. The number of nitrogens with one attached hydrogen (secondary N) is 1. The highest BCUT2D eigenvalue weighted by atomic mass is 79.9. The van der Waals surface area contributed by atoms with Crippen molar-refractivity contribution in [3.63, 3.8) is 0 Å². The molecule has 0 heterocycles. The van der Waals surface area contributed by atoms with Crippen molar-refractivity contribution >= 4 is 28.9 Å². The number of rotatable bonds is 37. The minimum Gasteiger partial charge on any atom is -0.457 e. The van der Waals surface area contributed by atoms with Gasteiger partial charge in [0.15, 0.2) is 6.23 Å². The van der Waals surface area contributed by atoms with Gasteiger partial charge in [0.05, 0.1) is 6.10 Å². The van der Waals surface area contributed by atoms with Crippen molar-refractivity contribution in [2.24, 2.45) is 0 Å². The fourth-order valence-corrected chi connectivity index (χ4v) is 6.63. The fourth-order valence-electron chi connectivity index (χ4n) is 6.63. The second kappa shape index (κ2) is 38.1. The summed E-state index contributed by atoms with van der Waals surface area (Å²) in [5.41, 5.74) is -0.508. The van der Waals surface area contributed by atoms with Crippen LogP contribution in [0.5, 0.6) is 0 Å². The van der Waals surface area contributed by atoms with E-state index in [0.717, 1.165) is 51.4 Å². The molecule has 3 atom stereocenters. The molecule has 0 fully saturated rings. The van der Waals surface area contributed by atoms with Crippen molar-refractivity contribution in [2.75, 3.05) is 0 Å². The number of aliphatic hydroxyl groups is 1. The molecule has 3 unspecified atom stereocenters. The van der Waals surface area contributed by atoms with E-state index in [0.29, 0.717) is 19.3 Å². The van der Waals surface area contributed by atoms with Gasteiger partial charge in [-0.25, -0.2) is 0 Å². The van der Waals surface area contributed by atoms with Crippen LogP contribution in [0.4, 0.5) is 0 Å². The molecule has 0 aromatic rings. The zero-order chi connectivity index (χ0) is 37.8. The minimum atomic E-state index is -0.771. The molecular weight excluding hydrogens is 714 g/mol. The summed E-state index contributed by atoms with van der Waals surface area (Å²) in [6, 6.07) is 0. The van der Waals surface area contributed by atoms with E-state index in [4.69, 9.17) is 9.47 Å². The second-order valence-corrected chi connectivity index (χ2v) is 15.9. The van der Waals surface area contributed by atoms with Crippen molar-refractivity contribution in [3.8, 4) is 0 Å². The summed E-state index contributed by atoms with van der Waals surface area (Å²) >= 11 is 0. The molecule has 0 aliphatic rings. The monoisotopic (exact) mass is 800 g/mol. The Bertz CT molecular complexity index is 859. The number of carbonyl (C=O) groups is 2. The third-order valence-corrected chi connectivity index (χ3v) is 9.63. The van der Waals surface area contributed by atoms with Gasteiger partial charge in [-0.15, -0.1) is 17.0 Å². The van der Waals surface area contributed by atoms with Crippen LogP contribution in [0, 0.1) is 0 Å². The number of halogens is 1. The van der Waals surface area contributed by atoms with Crippen LogP contribution >= 0.6 is 17.0 Å². The van der Waals surface area contributed by atoms with Gasteiger partial charge in [0.1, 0.15) is 6.10 Å². The number of ether oxygens (including phenoxy) is 2. The van der Waals surface area contributed by atoms with Gasteiger partial charge in [0, 0.05) is 18.4 Å². The molecule has 52 heavy (non-hydrogen) atoms. The van der Waals surface area contributed by atoms with E-state index >= 15 is 0 Å². The van der Waals surface area contributed by atoms with Crippen LogP contribution < -0.4 is 5.32 Å². The van der Waals surface area contributed by atoms with Crippen LogP contribution in [0.2, 0.25) is 0 Å². The zero-order valence-corrected chi connectivity index (χ0v) is 36.7. The molecule has 0 amide bonds. The molecule has 0 aliphatic carbocycles. The lowest BCUT2D eigenvalue weighted by Gasteiger charge is -2.35. The van der Waals surface area contributed by atoms with Gasteiger partial charge in [-0.05, 0) is 98.3 Å². The number of hydrogen-bond donors (Lipinski definition) is 2. The summed E-state index contributed by atoms with van der Waals surface area (Å²) in [7, 11) is 0. The molecule has 0 rings (SSSR count). The van der Waals surface area contributed by atoms with Crippen molar-refractivity contribution in [3.05, 3.63) is 24.3 Å². The largest absolute Gasteiger partial charge is 0.457 e. The highest BCUT2D eigenvalue weighted by molar-refractivity contribution is 8.93. The molecule has 0 saturated carbocycles. The Morgan fingerprint density at radius 1 is 0.558 bits per heavy atom. The Balaban J connectivity index is 0. The maximum atomic E-state index is 12.8. The molecular formula is C45H86BrNO5. The number of aliphatic hydroxyl groups excluding tert-OH is 1. The average molecular weight is 801 g/mol. The first-order valence-corrected chi connectivity index (χ1v) is 21.8. The predicted octanol–water partition coefficient (Wildman–Crippen LogP) is 13.6. The highest BCUT2D eigenvalue weighted by Gasteiger charge is 2.31. The maximum Gasteiger partial charge on any atom is 0.307 e. The number of hydrogen-bond acceptors (Lipinski definition) is 6. The van der Waals surface area contributed by atoms with E-state index in [1.807, 2.05) is 13.8 Å². The highest BCUT2D eigenvalue weighted by Crippen LogP contribution is 2.18. The van der Waals surface area contributed by atoms with E-state index in [1.165, 1.54) is 116 Å². The predicted molar refractivity (Wildman–Crippen MR) is 228 cm³/mol. The summed E-state index contributed by atoms with van der Waals surface area (Å²) in [5.74, 6) is -0.535. The van der Waals surface area contributed by atoms with Crippen LogP contribution in [-0.4, -0.2) is 41.0 Å². The molecule has 0 saturated heterocycles. The van der Waals surface area contributed by atoms with Crippen molar-refractivity contribution in [1.29, 1.82) is 0 Å². The van der Waals surface area contributed by atoms with E-state index in [-0.39, 0.29) is 28.9 Å². The van der Waals surface area contributed by atoms with Crippen LogP contribution in [0.25, 0.3) is 0 Å². The number of esters is 2. The van der Waals surface area contributed by atoms with Crippen molar-refractivity contribution in [1.82, 2.24) is 5.32 Å². The van der Waals surface area contributed by atoms with Crippen LogP contribution in [0.1, 0.15) is 228 Å². The molecule has 0 aromatic heterocycles. The van der Waals surface area contributed by atoms with E-state index < -0.39 is 24.0 Å². The maximum absolute atomic E-state index is 12.8. The summed E-state index contributed by atoms with van der Waals surface area (Å²) in [4.78, 5) is 25.6. The Morgan fingerprint density at radius 2 is 0.885 bits per heavy atom. The standard InChI is InChI=1S/C45H85NO5.BrH/c1-7-9-11-13-15-17-19-21-23-25-27-29-31-33-35-37-42(48)50-41(4)44(46-45(5,6)39-40(3)47)51-43(49)38-36-34-32-30-28-26-24-22-20-18-16-14-12-10-8-2;/h21-24,40-41,44,46-47H,7-20,25-39H2,1-6H3;1H. The average Bonchev–Trinajstić information content (AvgIpc) is 3.07. The zero-order valence-electron chi connectivity index (χ0n) is 35.0. The Morgan fingerprint density at radius 3 is 1.25 bits per heavy atom. The lowest BCUT2D eigenvalue weighted by molar-refractivity contribution is -0.171. The van der Waals surface area contributed by atoms with Gasteiger partial charge in [0.2, 0.25) is 0 Å². The molecule has 0 aromatic carbocycles. The summed E-state index contributed by atoms with van der Waals surface area (Å²) in [5, 5.41) is 13.3. The van der Waals surface area contributed by atoms with E-state index in [1.54, 1.807) is 13.8 Å². The molecule has 7 heteroatoms. The van der Waals surface area contributed by atoms with Gasteiger partial charge < -0.3 is 14.6 Å². The Hall–Kier alpha value is -1.18. The lowest BCUT2D eigenvalue weighted by atomic mass is 9.97. The molecule has 2 N–H and O–H groups in total. The van der Waals surface area contributed by atoms with Crippen molar-refractivity contribution < 1.29 is 24.2 Å². The van der Waals surface area contributed by atoms with E-state index in [2.05, 4.69) is 43.5 Å². The van der Waals surface area contributed by atoms with Gasteiger partial charge >= 0.3 is 11.9 Å². The Kier molecular flexibility index (Phi) is 38.8. The topological polar surface area (TPSA) is 84.9 Å². The van der Waals surface area contributed by atoms with Crippen molar-refractivity contribution in [2.45, 2.75) is 252 Å². The number of allylic oxidation sites excluding steroid dienone is 4. The number of carbonyl (C=O) groups excluding carboxylic acids is 2. The second-order valence-electron chi connectivity index (χ2n) is 15.9. The smallest absolute Gasteiger partial charge is 0.307 e. The first-order valence-electron chi connectivity index (χ1n) is 21.8. The molecule has 0 spiro atoms. The van der Waals surface area contributed by atoms with Gasteiger partial charge in [-0.1, -0.05) is 141 Å². The third-order valence-electron chi connectivity index (χ3n) is 9.63. The first-order chi connectivity index (χ1) is 24.6. The normalized spacial score (nSPS) is 13.7. The quantitative estimate of drug-likeness (QED) is 0.0282. The minimum absolute atomic E-state index is 0. The summed E-state index contributed by atoms with van der Waals surface area (Å²) in [6.07, 6.45) is 40.1. The molecule has 6 nitrogen and oxygen atoms in total. The fraction of sp³-hybridized carbons (Fsp3) is 0.867. The number of unbranched alkanes of at least 4 members (excludes halogenated alkanes) is 22. The van der Waals surface area contributed by atoms with Crippen LogP contribution in [-0.2, 0) is 19.1 Å². The third kappa shape index (κ3) is 37.1. The SMILES string of the molecule is Br.CCCCCCCCC=CCCCCCCCC(=O)OC(C)C(NC(C)(C)CC(C)O)OC(=O)CCCCCCCC=CCCCCCCCC. The first kappa shape index (κ1) is 52.9. The van der Waals surface area contributed by atoms with Gasteiger partial charge in [-0.2, -0.15) is 0 Å². The van der Waals surface area contributed by atoms with E-state index in [9.17, 15) is 14.7 Å². The molecule has 0 bridgehead atoms. The van der Waals surface area contributed by atoms with Crippen LogP contribution in [0.3, 0.4) is 0 Å². The Labute approximate surface area is 333 Å². The van der Waals surface area contributed by atoms with Crippen LogP contribution in [0.15, 0.2) is 24.3 Å². The molecule has 308 valence electrons. The molecule has 0 aliphatic heterocycles. The van der Waals surface area contributed by atoms with Gasteiger partial charge in [-0.3, -0.25) is 14.9 Å².